The molecule has 0 aliphatic rings. The van der Waals surface area contributed by atoms with Gasteiger partial charge in [-0.3, -0.25) is 9.78 Å². The molecular formula is C6H7NO4S2. The van der Waals surface area contributed by atoms with E-state index in [1.165, 1.54) is 23.0 Å². The molecule has 7 heteroatoms. The van der Waals surface area contributed by atoms with Gasteiger partial charge in [0.05, 0.1) is 11.3 Å². The fourth-order valence-electron chi connectivity index (χ4n) is 0.769. The normalized spacial score (nSPS) is 11.4. The maximum Gasteiger partial charge on any atom is 0.318 e. The van der Waals surface area contributed by atoms with E-state index in [4.69, 9.17) is 5.11 Å². The first-order chi connectivity index (χ1) is 5.99. The molecule has 0 bridgehead atoms. The van der Waals surface area contributed by atoms with Crippen LogP contribution in [0.5, 0.6) is 0 Å². The predicted molar refractivity (Wildman–Crippen MR) is 47.2 cm³/mol. The van der Waals surface area contributed by atoms with Crippen molar-refractivity contribution in [3.8, 4) is 0 Å². The number of rotatable bonds is 4. The van der Waals surface area contributed by atoms with E-state index in [0.717, 1.165) is 0 Å². The zero-order valence-corrected chi connectivity index (χ0v) is 8.14. The van der Waals surface area contributed by atoms with E-state index in [2.05, 4.69) is 4.98 Å². The van der Waals surface area contributed by atoms with Crippen LogP contribution in [0.25, 0.3) is 0 Å². The van der Waals surface area contributed by atoms with Gasteiger partial charge in [-0.15, -0.1) is 11.3 Å². The molecule has 0 aromatic carbocycles. The van der Waals surface area contributed by atoms with E-state index >= 15 is 0 Å². The highest BCUT2D eigenvalue weighted by Crippen LogP contribution is 2.10. The lowest BCUT2D eigenvalue weighted by Gasteiger charge is -1.96. The van der Waals surface area contributed by atoms with Crippen LogP contribution >= 0.6 is 11.3 Å². The van der Waals surface area contributed by atoms with Gasteiger partial charge >= 0.3 is 5.97 Å². The van der Waals surface area contributed by atoms with Gasteiger partial charge in [-0.25, -0.2) is 8.42 Å². The standard InChI is InChI=1S/C6H7NO4S2/c8-6(9)3-13(10,11)2-5-1-7-4-12-5/h1,4H,2-3H2,(H,8,9). The average molecular weight is 221 g/mol. The molecule has 13 heavy (non-hydrogen) atoms. The maximum absolute atomic E-state index is 11.1. The zero-order chi connectivity index (χ0) is 9.90. The van der Waals surface area contributed by atoms with Crippen molar-refractivity contribution < 1.29 is 18.3 Å². The van der Waals surface area contributed by atoms with Gasteiger partial charge in [-0.1, -0.05) is 0 Å². The van der Waals surface area contributed by atoms with E-state index in [1.807, 2.05) is 0 Å². The number of aliphatic carboxylic acids is 1. The Bertz CT molecular complexity index is 381. The van der Waals surface area contributed by atoms with Crippen molar-refractivity contribution in [3.63, 3.8) is 0 Å². The lowest BCUT2D eigenvalue weighted by Crippen LogP contribution is -2.16. The lowest BCUT2D eigenvalue weighted by atomic mass is 10.6. The first-order valence-electron chi connectivity index (χ1n) is 3.29. The molecule has 1 aromatic heterocycles. The molecule has 0 aliphatic carbocycles. The molecule has 5 nitrogen and oxygen atoms in total. The molecule has 72 valence electrons. The fourth-order valence-corrected chi connectivity index (χ4v) is 2.95. The van der Waals surface area contributed by atoms with Crippen LogP contribution in [-0.4, -0.2) is 30.2 Å². The van der Waals surface area contributed by atoms with Crippen LogP contribution in [0, 0.1) is 0 Å². The van der Waals surface area contributed by atoms with Gasteiger partial charge in [0.1, 0.15) is 5.75 Å². The summed E-state index contributed by atoms with van der Waals surface area (Å²) >= 11 is 1.19. The summed E-state index contributed by atoms with van der Waals surface area (Å²) in [6, 6.07) is 0. The number of carboxylic acids is 1. The summed E-state index contributed by atoms with van der Waals surface area (Å²) in [5.41, 5.74) is 1.51. The Morgan fingerprint density at radius 2 is 2.31 bits per heavy atom. The summed E-state index contributed by atoms with van der Waals surface area (Å²) in [4.78, 5) is 14.4. The van der Waals surface area contributed by atoms with Crippen LogP contribution in [0.1, 0.15) is 4.88 Å². The minimum Gasteiger partial charge on any atom is -0.480 e. The van der Waals surface area contributed by atoms with Crippen molar-refractivity contribution in [1.29, 1.82) is 0 Å². The summed E-state index contributed by atoms with van der Waals surface area (Å²) < 4.78 is 22.2. The second-order valence-electron chi connectivity index (χ2n) is 2.39. The topological polar surface area (TPSA) is 84.3 Å². The third-order valence-electron chi connectivity index (χ3n) is 1.19. The molecule has 1 aromatic rings. The Labute approximate surface area is 79.0 Å². The second kappa shape index (κ2) is 3.84. The monoisotopic (exact) mass is 221 g/mol. The van der Waals surface area contributed by atoms with Crippen LogP contribution in [0.4, 0.5) is 0 Å². The largest absolute Gasteiger partial charge is 0.480 e. The molecule has 0 saturated heterocycles. The fraction of sp³-hybridized carbons (Fsp3) is 0.333. The molecule has 0 atom stereocenters. The summed E-state index contributed by atoms with van der Waals surface area (Å²) in [6.07, 6.45) is 1.42. The van der Waals surface area contributed by atoms with Crippen molar-refractivity contribution >= 4 is 27.1 Å². The van der Waals surface area contributed by atoms with Crippen molar-refractivity contribution in [3.05, 3.63) is 16.6 Å². The maximum atomic E-state index is 11.1. The van der Waals surface area contributed by atoms with Crippen molar-refractivity contribution in [1.82, 2.24) is 4.98 Å². The Morgan fingerprint density at radius 3 is 2.77 bits per heavy atom. The first kappa shape index (κ1) is 10.1. The average Bonchev–Trinajstić information content (AvgIpc) is 2.34. The van der Waals surface area contributed by atoms with E-state index in [0.29, 0.717) is 4.88 Å². The minimum atomic E-state index is -3.53. The summed E-state index contributed by atoms with van der Waals surface area (Å²) in [7, 11) is -3.53. The highest BCUT2D eigenvalue weighted by atomic mass is 32.2. The van der Waals surface area contributed by atoms with Gasteiger partial charge in [0, 0.05) is 11.1 Å². The summed E-state index contributed by atoms with van der Waals surface area (Å²) in [6.45, 7) is 0. The third-order valence-corrected chi connectivity index (χ3v) is 3.59. The molecule has 0 saturated carbocycles. The minimum absolute atomic E-state index is 0.246. The van der Waals surface area contributed by atoms with E-state index in [-0.39, 0.29) is 5.75 Å². The van der Waals surface area contributed by atoms with Crippen molar-refractivity contribution in [2.45, 2.75) is 5.75 Å². The SMILES string of the molecule is O=C(O)CS(=O)(=O)Cc1cncs1. The van der Waals surface area contributed by atoms with Crippen LogP contribution in [0.2, 0.25) is 0 Å². The molecule has 0 unspecified atom stereocenters. The highest BCUT2D eigenvalue weighted by molar-refractivity contribution is 7.91. The third kappa shape index (κ3) is 3.51. The predicted octanol–water partition coefficient (Wildman–Crippen LogP) is 0.143. The molecule has 0 aliphatic heterocycles. The molecule has 1 rings (SSSR count). The number of carboxylic acid groups (broad SMARTS) is 1. The van der Waals surface area contributed by atoms with Gasteiger partial charge in [0.25, 0.3) is 0 Å². The Kier molecular flexibility index (Phi) is 2.99. The smallest absolute Gasteiger partial charge is 0.318 e. The number of sulfone groups is 1. The number of carbonyl (C=O) groups is 1. The highest BCUT2D eigenvalue weighted by Gasteiger charge is 2.17. The van der Waals surface area contributed by atoms with Gasteiger partial charge in [-0.05, 0) is 0 Å². The number of aromatic nitrogens is 1. The van der Waals surface area contributed by atoms with Crippen molar-refractivity contribution in [2.24, 2.45) is 0 Å². The molecule has 0 amide bonds. The lowest BCUT2D eigenvalue weighted by molar-refractivity contribution is -0.134. The Balaban J connectivity index is 2.68. The molecule has 0 fully saturated rings. The van der Waals surface area contributed by atoms with Gasteiger partial charge in [0.15, 0.2) is 9.84 Å². The zero-order valence-electron chi connectivity index (χ0n) is 6.50. The Morgan fingerprint density at radius 1 is 1.62 bits per heavy atom. The molecule has 0 radical (unpaired) electrons. The quantitative estimate of drug-likeness (QED) is 0.781. The molecule has 1 N–H and O–H groups in total. The van der Waals surface area contributed by atoms with Gasteiger partial charge < -0.3 is 5.11 Å². The number of hydrogen-bond acceptors (Lipinski definition) is 5. The first-order valence-corrected chi connectivity index (χ1v) is 5.99. The molecule has 0 spiro atoms. The van der Waals surface area contributed by atoms with E-state index in [9.17, 15) is 13.2 Å². The van der Waals surface area contributed by atoms with Gasteiger partial charge in [-0.2, -0.15) is 0 Å². The summed E-state index contributed by atoms with van der Waals surface area (Å²) in [5.74, 6) is -2.40. The summed E-state index contributed by atoms with van der Waals surface area (Å²) in [5, 5.41) is 8.29. The molecule has 1 heterocycles. The second-order valence-corrected chi connectivity index (χ2v) is 5.43. The van der Waals surface area contributed by atoms with E-state index < -0.39 is 21.6 Å². The van der Waals surface area contributed by atoms with Crippen LogP contribution in [-0.2, 0) is 20.4 Å². The number of thiazole rings is 1. The van der Waals surface area contributed by atoms with Crippen LogP contribution in [0.3, 0.4) is 0 Å². The Hall–Kier alpha value is -0.950. The van der Waals surface area contributed by atoms with E-state index in [1.54, 1.807) is 0 Å². The number of nitrogens with zero attached hydrogens (tertiary/aromatic N) is 1. The molecular weight excluding hydrogens is 214 g/mol. The van der Waals surface area contributed by atoms with Crippen molar-refractivity contribution in [2.75, 3.05) is 5.75 Å². The van der Waals surface area contributed by atoms with Crippen LogP contribution < -0.4 is 0 Å². The number of hydrogen-bond donors (Lipinski definition) is 1. The van der Waals surface area contributed by atoms with Crippen LogP contribution in [0.15, 0.2) is 11.7 Å². The van der Waals surface area contributed by atoms with Gasteiger partial charge in [0.2, 0.25) is 0 Å².